The van der Waals surface area contributed by atoms with Crippen LogP contribution < -0.4 is 10.5 Å². The number of benzene rings is 1. The summed E-state index contributed by atoms with van der Waals surface area (Å²) in [5.41, 5.74) is 7.77. The predicted molar refractivity (Wildman–Crippen MR) is 138 cm³/mol. The lowest BCUT2D eigenvalue weighted by Crippen LogP contribution is -2.46. The maximum absolute atomic E-state index is 13.4. The largest absolute Gasteiger partial charge is 0.493 e. The van der Waals surface area contributed by atoms with Crippen molar-refractivity contribution in [1.29, 1.82) is 0 Å². The van der Waals surface area contributed by atoms with Crippen LogP contribution in [0.5, 0.6) is 5.75 Å². The smallest absolute Gasteiger partial charge is 0.308 e. The van der Waals surface area contributed by atoms with E-state index < -0.39 is 11.9 Å². The molecule has 2 aliphatic rings. The van der Waals surface area contributed by atoms with E-state index in [4.69, 9.17) is 10.5 Å². The van der Waals surface area contributed by atoms with Gasteiger partial charge in [-0.1, -0.05) is 25.5 Å². The van der Waals surface area contributed by atoms with Gasteiger partial charge in [-0.15, -0.1) is 0 Å². The first-order chi connectivity index (χ1) is 17.3. The quantitative estimate of drug-likeness (QED) is 0.423. The topological polar surface area (TPSA) is 116 Å². The monoisotopic (exact) mass is 502 g/mol. The minimum absolute atomic E-state index is 0.00830. The summed E-state index contributed by atoms with van der Waals surface area (Å²) in [7, 11) is 1.72. The van der Waals surface area contributed by atoms with Crippen molar-refractivity contribution >= 4 is 17.8 Å². The van der Waals surface area contributed by atoms with Gasteiger partial charge in [0, 0.05) is 58.5 Å². The Morgan fingerprint density at radius 1 is 1.19 bits per heavy atom. The van der Waals surface area contributed by atoms with Crippen LogP contribution in [0.2, 0.25) is 0 Å². The molecule has 2 amide bonds. The van der Waals surface area contributed by atoms with Crippen molar-refractivity contribution in [2.45, 2.75) is 57.9 Å². The number of rotatable bonds is 13. The van der Waals surface area contributed by atoms with Gasteiger partial charge in [-0.2, -0.15) is 0 Å². The first kappa shape index (κ1) is 27.9. The molecule has 0 spiro atoms. The molecule has 3 atom stereocenters. The molecule has 2 heterocycles. The van der Waals surface area contributed by atoms with Gasteiger partial charge in [0.1, 0.15) is 5.75 Å². The fourth-order valence-corrected chi connectivity index (χ4v) is 5.38. The Morgan fingerprint density at radius 3 is 2.61 bits per heavy atom. The van der Waals surface area contributed by atoms with Gasteiger partial charge in [0.25, 0.3) is 0 Å². The fourth-order valence-electron chi connectivity index (χ4n) is 5.38. The first-order valence-corrected chi connectivity index (χ1v) is 13.2. The number of amides is 2. The maximum atomic E-state index is 13.4. The zero-order valence-electron chi connectivity index (χ0n) is 21.9. The molecule has 9 nitrogen and oxygen atoms in total. The molecule has 3 rings (SSSR count). The molecule has 0 saturated carbocycles. The highest BCUT2D eigenvalue weighted by atomic mass is 16.5. The Morgan fingerprint density at radius 2 is 1.94 bits per heavy atom. The Bertz CT molecular complexity index is 915. The van der Waals surface area contributed by atoms with Gasteiger partial charge in [-0.3, -0.25) is 19.3 Å². The molecular weight excluding hydrogens is 460 g/mol. The van der Waals surface area contributed by atoms with Crippen LogP contribution in [-0.2, 0) is 20.8 Å². The average Bonchev–Trinajstić information content (AvgIpc) is 3.46. The molecule has 1 fully saturated rings. The van der Waals surface area contributed by atoms with Gasteiger partial charge in [0.15, 0.2) is 0 Å². The number of aliphatic carboxylic acids is 1. The van der Waals surface area contributed by atoms with Crippen LogP contribution in [-0.4, -0.2) is 96.6 Å². The number of carboxylic acid groups (broad SMARTS) is 1. The Balaban J connectivity index is 1.86. The third-order valence-electron chi connectivity index (χ3n) is 7.58. The van der Waals surface area contributed by atoms with Gasteiger partial charge in [-0.25, -0.2) is 0 Å². The number of carbonyl (C=O) groups excluding carboxylic acids is 2. The minimum atomic E-state index is -0.867. The Hall–Kier alpha value is -2.65. The van der Waals surface area contributed by atoms with E-state index in [1.54, 1.807) is 11.9 Å². The molecule has 0 radical (unpaired) electrons. The number of hydrogen-bond donors (Lipinski definition) is 2. The highest BCUT2D eigenvalue weighted by molar-refractivity contribution is 5.79. The molecule has 200 valence electrons. The lowest BCUT2D eigenvalue weighted by Gasteiger charge is -2.30. The van der Waals surface area contributed by atoms with Crippen LogP contribution in [0.4, 0.5) is 0 Å². The minimum Gasteiger partial charge on any atom is -0.493 e. The summed E-state index contributed by atoms with van der Waals surface area (Å²) in [6, 6.07) is 5.61. The number of carboxylic acids is 1. The van der Waals surface area contributed by atoms with Gasteiger partial charge in [0.05, 0.1) is 19.1 Å². The number of nitrogens with zero attached hydrogens (tertiary/aromatic N) is 3. The number of ether oxygens (including phenoxy) is 1. The molecule has 1 saturated heterocycles. The molecular formula is C27H42N4O5. The van der Waals surface area contributed by atoms with Gasteiger partial charge >= 0.3 is 5.97 Å². The molecule has 3 N–H and O–H groups in total. The van der Waals surface area contributed by atoms with Gasteiger partial charge in [-0.05, 0) is 43.0 Å². The molecule has 1 aromatic carbocycles. The summed E-state index contributed by atoms with van der Waals surface area (Å²) in [5.74, 6) is -0.984. The zero-order valence-corrected chi connectivity index (χ0v) is 21.9. The van der Waals surface area contributed by atoms with Gasteiger partial charge < -0.3 is 25.4 Å². The normalized spacial score (nSPS) is 21.2. The fraction of sp³-hybridized carbons (Fsp3) is 0.667. The molecule has 0 bridgehead atoms. The number of nitrogens with two attached hydrogens (primary N) is 1. The number of fused-ring (bicyclic) bond motifs is 1. The highest BCUT2D eigenvalue weighted by Crippen LogP contribution is 2.41. The summed E-state index contributed by atoms with van der Waals surface area (Å²) < 4.78 is 5.64. The molecule has 0 aliphatic carbocycles. The number of likely N-dealkylation sites (tertiary alicyclic amines) is 1. The van der Waals surface area contributed by atoms with Crippen LogP contribution in [0.25, 0.3) is 0 Å². The molecule has 2 aliphatic heterocycles. The summed E-state index contributed by atoms with van der Waals surface area (Å²) in [6.45, 7) is 7.13. The first-order valence-electron chi connectivity index (χ1n) is 13.2. The summed E-state index contributed by atoms with van der Waals surface area (Å²) in [6.07, 6.45) is 3.95. The lowest BCUT2D eigenvalue weighted by atomic mass is 9.83. The second kappa shape index (κ2) is 13.1. The van der Waals surface area contributed by atoms with Crippen LogP contribution in [0.3, 0.4) is 0 Å². The summed E-state index contributed by atoms with van der Waals surface area (Å²) in [4.78, 5) is 43.3. The molecule has 9 heteroatoms. The number of hydrogen-bond acceptors (Lipinski definition) is 6. The Kier molecular flexibility index (Phi) is 10.1. The maximum Gasteiger partial charge on any atom is 0.308 e. The second-order valence-corrected chi connectivity index (χ2v) is 10.0. The SMILES string of the molecule is CCCCN(CCCN)C(=O)CN1C[C@H](c2ccc3c(c2)CCO3)C(C(=O)O)[C@@H]1CCN(C)C(C)=O. The standard InChI is InChI=1S/C27H42N4O5/c1-4-5-12-30(13-6-11-28)25(33)18-31-17-22(20-7-8-24-21(16-20)10-15-36-24)26(27(34)35)23(31)9-14-29(3)19(2)32/h7-8,16,22-23,26H,4-6,9-15,17-18,28H2,1-3H3,(H,34,35)/t22-,23+,26?/m1/s1. The Labute approximate surface area is 214 Å². The summed E-state index contributed by atoms with van der Waals surface area (Å²) >= 11 is 0. The predicted octanol–water partition coefficient (Wildman–Crippen LogP) is 1.94. The van der Waals surface area contributed by atoms with Gasteiger partial charge in [0.2, 0.25) is 11.8 Å². The summed E-state index contributed by atoms with van der Waals surface area (Å²) in [5, 5.41) is 10.3. The van der Waals surface area contributed by atoms with Crippen molar-refractivity contribution in [3.8, 4) is 5.75 Å². The van der Waals surface area contributed by atoms with E-state index in [0.29, 0.717) is 45.8 Å². The van der Waals surface area contributed by atoms with Crippen LogP contribution in [0.15, 0.2) is 18.2 Å². The van der Waals surface area contributed by atoms with E-state index in [-0.39, 0.29) is 30.3 Å². The average molecular weight is 503 g/mol. The van der Waals surface area contributed by atoms with E-state index in [1.165, 1.54) is 6.92 Å². The zero-order chi connectivity index (χ0) is 26.2. The van der Waals surface area contributed by atoms with Crippen molar-refractivity contribution in [2.24, 2.45) is 11.7 Å². The number of unbranched alkanes of at least 4 members (excludes halogenated alkanes) is 1. The van der Waals surface area contributed by atoms with E-state index in [1.807, 2.05) is 21.9 Å². The second-order valence-electron chi connectivity index (χ2n) is 10.0. The van der Waals surface area contributed by atoms with E-state index in [0.717, 1.165) is 42.6 Å². The van der Waals surface area contributed by atoms with Crippen molar-refractivity contribution < 1.29 is 24.2 Å². The molecule has 0 aromatic heterocycles. The number of carbonyl (C=O) groups is 3. The van der Waals surface area contributed by atoms with E-state index in [9.17, 15) is 19.5 Å². The molecule has 1 aromatic rings. The van der Waals surface area contributed by atoms with Crippen molar-refractivity contribution in [1.82, 2.24) is 14.7 Å². The van der Waals surface area contributed by atoms with E-state index >= 15 is 0 Å². The van der Waals surface area contributed by atoms with Crippen molar-refractivity contribution in [3.63, 3.8) is 0 Å². The molecule has 1 unspecified atom stereocenters. The van der Waals surface area contributed by atoms with Crippen molar-refractivity contribution in [2.75, 3.05) is 52.9 Å². The lowest BCUT2D eigenvalue weighted by molar-refractivity contribution is -0.144. The van der Waals surface area contributed by atoms with E-state index in [2.05, 4.69) is 13.0 Å². The van der Waals surface area contributed by atoms with Crippen LogP contribution in [0, 0.1) is 5.92 Å². The third kappa shape index (κ3) is 6.76. The van der Waals surface area contributed by atoms with Crippen LogP contribution >= 0.6 is 0 Å². The highest BCUT2D eigenvalue weighted by Gasteiger charge is 2.47. The molecule has 36 heavy (non-hydrogen) atoms. The van der Waals surface area contributed by atoms with Crippen molar-refractivity contribution in [3.05, 3.63) is 29.3 Å². The van der Waals surface area contributed by atoms with Crippen LogP contribution in [0.1, 0.15) is 56.6 Å². The third-order valence-corrected chi connectivity index (χ3v) is 7.58.